The van der Waals surface area contributed by atoms with E-state index in [0.29, 0.717) is 5.88 Å². The minimum absolute atomic E-state index is 0.610. The molecule has 0 spiro atoms. The van der Waals surface area contributed by atoms with Gasteiger partial charge in [-0.1, -0.05) is 18.2 Å². The normalized spacial score (nSPS) is 10.4. The number of pyridine rings is 1. The third-order valence-electron chi connectivity index (χ3n) is 3.30. The molecule has 1 aromatic heterocycles. The molecule has 0 unspecified atom stereocenters. The summed E-state index contributed by atoms with van der Waals surface area (Å²) in [5.41, 5.74) is 1.90. The molecule has 0 amide bonds. The minimum Gasteiger partial charge on any atom is -0.497 e. The molecule has 3 rings (SSSR count). The Hall–Kier alpha value is -2.75. The first-order chi connectivity index (χ1) is 10.3. The predicted octanol–water partition coefficient (Wildman–Crippen LogP) is 4.00. The van der Waals surface area contributed by atoms with Crippen molar-refractivity contribution < 1.29 is 9.47 Å². The van der Waals surface area contributed by atoms with Crippen molar-refractivity contribution in [3.63, 3.8) is 0 Å². The summed E-state index contributed by atoms with van der Waals surface area (Å²) < 4.78 is 10.6. The van der Waals surface area contributed by atoms with Gasteiger partial charge in [0, 0.05) is 18.0 Å². The van der Waals surface area contributed by atoms with E-state index in [1.165, 1.54) is 0 Å². The number of fused-ring (bicyclic) bond motifs is 1. The second kappa shape index (κ2) is 5.71. The highest BCUT2D eigenvalue weighted by Crippen LogP contribution is 2.32. The number of nitrogens with one attached hydrogen (secondary N) is 1. The van der Waals surface area contributed by atoms with Crippen LogP contribution in [0.2, 0.25) is 0 Å². The predicted molar refractivity (Wildman–Crippen MR) is 84.6 cm³/mol. The van der Waals surface area contributed by atoms with Crippen LogP contribution in [-0.2, 0) is 0 Å². The van der Waals surface area contributed by atoms with Crippen LogP contribution in [0.15, 0.2) is 54.7 Å². The van der Waals surface area contributed by atoms with E-state index in [2.05, 4.69) is 10.3 Å². The second-order valence-corrected chi connectivity index (χ2v) is 4.58. The summed E-state index contributed by atoms with van der Waals surface area (Å²) >= 11 is 0. The van der Waals surface area contributed by atoms with Crippen molar-refractivity contribution in [3.05, 3.63) is 54.7 Å². The SMILES string of the molecule is COc1cccc(Nc2cccc3ccnc(OC)c23)c1. The molecule has 106 valence electrons. The Morgan fingerprint density at radius 2 is 1.81 bits per heavy atom. The van der Waals surface area contributed by atoms with Gasteiger partial charge in [0.05, 0.1) is 25.3 Å². The van der Waals surface area contributed by atoms with Gasteiger partial charge in [0.1, 0.15) is 5.75 Å². The van der Waals surface area contributed by atoms with Gasteiger partial charge in [0.2, 0.25) is 5.88 Å². The standard InChI is InChI=1S/C17H16N2O2/c1-20-14-7-4-6-13(11-14)19-15-8-3-5-12-9-10-18-17(21-2)16(12)15/h3-11,19H,1-2H3. The van der Waals surface area contributed by atoms with E-state index >= 15 is 0 Å². The van der Waals surface area contributed by atoms with Crippen LogP contribution in [-0.4, -0.2) is 19.2 Å². The molecular weight excluding hydrogens is 264 g/mol. The fourth-order valence-electron chi connectivity index (χ4n) is 2.31. The van der Waals surface area contributed by atoms with E-state index in [1.807, 2.05) is 48.5 Å². The molecule has 4 heteroatoms. The molecule has 21 heavy (non-hydrogen) atoms. The fourth-order valence-corrected chi connectivity index (χ4v) is 2.31. The maximum absolute atomic E-state index is 5.37. The molecule has 1 heterocycles. The lowest BCUT2D eigenvalue weighted by Gasteiger charge is -2.12. The van der Waals surface area contributed by atoms with Gasteiger partial charge in [0.25, 0.3) is 0 Å². The van der Waals surface area contributed by atoms with Crippen LogP contribution in [0.5, 0.6) is 11.6 Å². The first kappa shape index (κ1) is 13.2. The molecule has 4 nitrogen and oxygen atoms in total. The molecule has 0 saturated heterocycles. The Bertz CT molecular complexity index is 766. The molecule has 1 N–H and O–H groups in total. The quantitative estimate of drug-likeness (QED) is 0.784. The lowest BCUT2D eigenvalue weighted by Crippen LogP contribution is -1.95. The minimum atomic E-state index is 0.610. The maximum Gasteiger partial charge on any atom is 0.223 e. The third kappa shape index (κ3) is 2.60. The molecule has 0 aliphatic heterocycles. The molecule has 0 radical (unpaired) electrons. The van der Waals surface area contributed by atoms with Crippen LogP contribution in [0.1, 0.15) is 0 Å². The van der Waals surface area contributed by atoms with E-state index in [4.69, 9.17) is 9.47 Å². The number of ether oxygens (including phenoxy) is 2. The zero-order valence-electron chi connectivity index (χ0n) is 12.0. The van der Waals surface area contributed by atoms with Crippen molar-refractivity contribution >= 4 is 22.1 Å². The monoisotopic (exact) mass is 280 g/mol. The van der Waals surface area contributed by atoms with Gasteiger partial charge in [-0.3, -0.25) is 0 Å². The highest BCUT2D eigenvalue weighted by molar-refractivity contribution is 5.98. The maximum atomic E-state index is 5.37. The molecule has 2 aromatic carbocycles. The summed E-state index contributed by atoms with van der Waals surface area (Å²) in [5, 5.41) is 5.44. The molecule has 0 saturated carbocycles. The number of nitrogens with zero attached hydrogens (tertiary/aromatic N) is 1. The molecule has 0 bridgehead atoms. The van der Waals surface area contributed by atoms with Gasteiger partial charge in [-0.2, -0.15) is 0 Å². The van der Waals surface area contributed by atoms with Crippen molar-refractivity contribution in [2.24, 2.45) is 0 Å². The van der Waals surface area contributed by atoms with E-state index < -0.39 is 0 Å². The Morgan fingerprint density at radius 1 is 0.952 bits per heavy atom. The summed E-state index contributed by atoms with van der Waals surface area (Å²) in [6, 6.07) is 15.8. The fraction of sp³-hybridized carbons (Fsp3) is 0.118. The first-order valence-electron chi connectivity index (χ1n) is 6.64. The van der Waals surface area contributed by atoms with Crippen LogP contribution in [0.3, 0.4) is 0 Å². The largest absolute Gasteiger partial charge is 0.497 e. The van der Waals surface area contributed by atoms with Gasteiger partial charge in [-0.15, -0.1) is 0 Å². The van der Waals surface area contributed by atoms with Gasteiger partial charge in [-0.25, -0.2) is 4.98 Å². The Balaban J connectivity index is 2.07. The average Bonchev–Trinajstić information content (AvgIpc) is 2.54. The van der Waals surface area contributed by atoms with Crippen molar-refractivity contribution in [1.82, 2.24) is 4.98 Å². The first-order valence-corrected chi connectivity index (χ1v) is 6.64. The smallest absolute Gasteiger partial charge is 0.223 e. The van der Waals surface area contributed by atoms with Gasteiger partial charge < -0.3 is 14.8 Å². The summed E-state index contributed by atoms with van der Waals surface area (Å²) in [6.07, 6.45) is 1.75. The van der Waals surface area contributed by atoms with Crippen LogP contribution in [0, 0.1) is 0 Å². The molecule has 0 atom stereocenters. The molecule has 3 aromatic rings. The summed E-state index contributed by atoms with van der Waals surface area (Å²) in [7, 11) is 3.29. The summed E-state index contributed by atoms with van der Waals surface area (Å²) in [6.45, 7) is 0. The second-order valence-electron chi connectivity index (χ2n) is 4.58. The molecule has 0 aliphatic carbocycles. The topological polar surface area (TPSA) is 43.4 Å². The van der Waals surface area contributed by atoms with E-state index in [-0.39, 0.29) is 0 Å². The molecule has 0 aliphatic rings. The zero-order chi connectivity index (χ0) is 14.7. The zero-order valence-corrected chi connectivity index (χ0v) is 12.0. The average molecular weight is 280 g/mol. The number of hydrogen-bond acceptors (Lipinski definition) is 4. The molecule has 0 fully saturated rings. The van der Waals surface area contributed by atoms with Gasteiger partial charge in [0.15, 0.2) is 0 Å². The Kier molecular flexibility index (Phi) is 3.60. The lowest BCUT2D eigenvalue weighted by molar-refractivity contribution is 0.403. The molecular formula is C17H16N2O2. The van der Waals surface area contributed by atoms with Crippen molar-refractivity contribution in [2.45, 2.75) is 0 Å². The number of hydrogen-bond donors (Lipinski definition) is 1. The lowest BCUT2D eigenvalue weighted by atomic mass is 10.1. The van der Waals surface area contributed by atoms with Crippen molar-refractivity contribution in [1.29, 1.82) is 0 Å². The Labute approximate surface area is 123 Å². The number of anilines is 2. The van der Waals surface area contributed by atoms with E-state index in [1.54, 1.807) is 20.4 Å². The van der Waals surface area contributed by atoms with Gasteiger partial charge in [-0.05, 0) is 29.7 Å². The van der Waals surface area contributed by atoms with Crippen LogP contribution < -0.4 is 14.8 Å². The number of rotatable bonds is 4. The number of methoxy groups -OCH3 is 2. The van der Waals surface area contributed by atoms with Crippen LogP contribution in [0.25, 0.3) is 10.8 Å². The van der Waals surface area contributed by atoms with E-state index in [0.717, 1.165) is 27.9 Å². The van der Waals surface area contributed by atoms with E-state index in [9.17, 15) is 0 Å². The summed E-state index contributed by atoms with van der Waals surface area (Å²) in [4.78, 5) is 4.27. The van der Waals surface area contributed by atoms with Crippen LogP contribution in [0.4, 0.5) is 11.4 Å². The highest BCUT2D eigenvalue weighted by Gasteiger charge is 2.08. The van der Waals surface area contributed by atoms with Gasteiger partial charge >= 0.3 is 0 Å². The summed E-state index contributed by atoms with van der Waals surface area (Å²) in [5.74, 6) is 1.42. The van der Waals surface area contributed by atoms with Crippen LogP contribution >= 0.6 is 0 Å². The Morgan fingerprint density at radius 3 is 2.62 bits per heavy atom. The third-order valence-corrected chi connectivity index (χ3v) is 3.30. The number of aromatic nitrogens is 1. The number of benzene rings is 2. The van der Waals surface area contributed by atoms with Crippen molar-refractivity contribution in [3.8, 4) is 11.6 Å². The highest BCUT2D eigenvalue weighted by atomic mass is 16.5. The van der Waals surface area contributed by atoms with Crippen molar-refractivity contribution in [2.75, 3.05) is 19.5 Å².